The van der Waals surface area contributed by atoms with E-state index in [2.05, 4.69) is 4.90 Å². The summed E-state index contributed by atoms with van der Waals surface area (Å²) in [5, 5.41) is 0. The van der Waals surface area contributed by atoms with Gasteiger partial charge in [-0.1, -0.05) is 6.42 Å². The first-order valence-corrected chi connectivity index (χ1v) is 6.68. The summed E-state index contributed by atoms with van der Waals surface area (Å²) in [4.78, 5) is 16.4. The molecule has 0 spiro atoms. The zero-order valence-electron chi connectivity index (χ0n) is 11.2. The van der Waals surface area contributed by atoms with E-state index < -0.39 is 0 Å². The molecule has 0 N–H and O–H groups in total. The smallest absolute Gasteiger partial charge is 0.410 e. The Kier molecular flexibility index (Phi) is 3.61. The molecule has 0 aromatic rings. The second kappa shape index (κ2) is 4.84. The number of fused-ring (bicyclic) bond motifs is 1. The van der Waals surface area contributed by atoms with E-state index >= 15 is 0 Å². The van der Waals surface area contributed by atoms with Crippen LogP contribution in [-0.2, 0) is 4.74 Å². The van der Waals surface area contributed by atoms with Crippen molar-refractivity contribution >= 4 is 6.09 Å². The molecule has 0 radical (unpaired) electrons. The highest BCUT2D eigenvalue weighted by atomic mass is 16.6. The van der Waals surface area contributed by atoms with Crippen LogP contribution in [-0.4, -0.2) is 53.7 Å². The van der Waals surface area contributed by atoms with Gasteiger partial charge in [0.25, 0.3) is 0 Å². The molecule has 0 aliphatic carbocycles. The fourth-order valence-corrected chi connectivity index (χ4v) is 2.65. The molecular formula is C13H24N2O2. The Morgan fingerprint density at radius 2 is 1.94 bits per heavy atom. The standard InChI is InChI=1S/C13H24N2O2/c1-13(2,3)17-12(16)15-9-8-14-7-5-4-6-11(14)10-15/h11H,4-10H2,1-3H3. The van der Waals surface area contributed by atoms with Crippen molar-refractivity contribution in [3.8, 4) is 0 Å². The van der Waals surface area contributed by atoms with Crippen molar-refractivity contribution in [1.29, 1.82) is 0 Å². The van der Waals surface area contributed by atoms with E-state index in [9.17, 15) is 4.79 Å². The number of piperidine rings is 1. The van der Waals surface area contributed by atoms with Gasteiger partial charge in [-0.25, -0.2) is 4.79 Å². The van der Waals surface area contributed by atoms with E-state index in [1.54, 1.807) is 0 Å². The number of hydrogen-bond acceptors (Lipinski definition) is 3. The van der Waals surface area contributed by atoms with Crippen LogP contribution >= 0.6 is 0 Å². The minimum Gasteiger partial charge on any atom is -0.444 e. The topological polar surface area (TPSA) is 32.8 Å². The third-order valence-electron chi connectivity index (χ3n) is 3.49. The van der Waals surface area contributed by atoms with Gasteiger partial charge in [0.15, 0.2) is 0 Å². The Balaban J connectivity index is 1.89. The first kappa shape index (κ1) is 12.7. The molecule has 2 aliphatic rings. The second-order valence-electron chi connectivity index (χ2n) is 6.11. The van der Waals surface area contributed by atoms with E-state index in [-0.39, 0.29) is 11.7 Å². The number of carbonyl (C=O) groups is 1. The maximum Gasteiger partial charge on any atom is 0.410 e. The molecule has 0 aromatic carbocycles. The number of carbonyl (C=O) groups excluding carboxylic acids is 1. The summed E-state index contributed by atoms with van der Waals surface area (Å²) in [6.45, 7) is 9.61. The third kappa shape index (κ3) is 3.35. The Morgan fingerprint density at radius 3 is 2.65 bits per heavy atom. The highest BCUT2D eigenvalue weighted by molar-refractivity contribution is 5.68. The van der Waals surface area contributed by atoms with Gasteiger partial charge in [-0.2, -0.15) is 0 Å². The predicted octanol–water partition coefficient (Wildman–Crippen LogP) is 2.09. The first-order valence-electron chi connectivity index (χ1n) is 6.68. The van der Waals surface area contributed by atoms with Crippen LogP contribution in [0, 0.1) is 0 Å². The molecule has 4 nitrogen and oxygen atoms in total. The monoisotopic (exact) mass is 240 g/mol. The van der Waals surface area contributed by atoms with Gasteiger partial charge in [0, 0.05) is 25.7 Å². The molecule has 2 aliphatic heterocycles. The van der Waals surface area contributed by atoms with Gasteiger partial charge in [-0.05, 0) is 40.2 Å². The Bertz CT molecular complexity index is 286. The van der Waals surface area contributed by atoms with Gasteiger partial charge < -0.3 is 9.64 Å². The number of nitrogens with zero attached hydrogens (tertiary/aromatic N) is 2. The van der Waals surface area contributed by atoms with Gasteiger partial charge in [0.05, 0.1) is 0 Å². The van der Waals surface area contributed by atoms with E-state index in [1.165, 1.54) is 25.8 Å². The highest BCUT2D eigenvalue weighted by Gasteiger charge is 2.32. The SMILES string of the molecule is CC(C)(C)OC(=O)N1CCN2CCCCC2C1. The zero-order valence-corrected chi connectivity index (χ0v) is 11.2. The van der Waals surface area contributed by atoms with Gasteiger partial charge >= 0.3 is 6.09 Å². The lowest BCUT2D eigenvalue weighted by atomic mass is 10.00. The zero-order chi connectivity index (χ0) is 12.5. The maximum absolute atomic E-state index is 12.0. The van der Waals surface area contributed by atoms with E-state index in [4.69, 9.17) is 4.74 Å². The molecule has 1 atom stereocenters. The van der Waals surface area contributed by atoms with Gasteiger partial charge in [0.1, 0.15) is 5.60 Å². The summed E-state index contributed by atoms with van der Waals surface area (Å²) < 4.78 is 5.43. The molecule has 98 valence electrons. The Morgan fingerprint density at radius 1 is 1.18 bits per heavy atom. The lowest BCUT2D eigenvalue weighted by Crippen LogP contribution is -2.56. The average molecular weight is 240 g/mol. The fraction of sp³-hybridized carbons (Fsp3) is 0.923. The van der Waals surface area contributed by atoms with Crippen molar-refractivity contribution in [3.05, 3.63) is 0 Å². The lowest BCUT2D eigenvalue weighted by molar-refractivity contribution is -0.00225. The van der Waals surface area contributed by atoms with Crippen LogP contribution in [0.25, 0.3) is 0 Å². The predicted molar refractivity (Wildman–Crippen MR) is 67.0 cm³/mol. The summed E-state index contributed by atoms with van der Waals surface area (Å²) in [5.74, 6) is 0. The molecule has 17 heavy (non-hydrogen) atoms. The number of amides is 1. The normalized spacial score (nSPS) is 26.5. The van der Waals surface area contributed by atoms with Crippen molar-refractivity contribution in [1.82, 2.24) is 9.80 Å². The number of ether oxygens (including phenoxy) is 1. The quantitative estimate of drug-likeness (QED) is 0.650. The van der Waals surface area contributed by atoms with Crippen LogP contribution in [0.3, 0.4) is 0 Å². The van der Waals surface area contributed by atoms with Gasteiger partial charge in [0.2, 0.25) is 0 Å². The van der Waals surface area contributed by atoms with E-state index in [1.807, 2.05) is 25.7 Å². The van der Waals surface area contributed by atoms with Crippen molar-refractivity contribution < 1.29 is 9.53 Å². The molecule has 4 heteroatoms. The van der Waals surface area contributed by atoms with Crippen molar-refractivity contribution in [2.75, 3.05) is 26.2 Å². The number of rotatable bonds is 0. The van der Waals surface area contributed by atoms with Crippen molar-refractivity contribution in [2.24, 2.45) is 0 Å². The van der Waals surface area contributed by atoms with Crippen molar-refractivity contribution in [3.63, 3.8) is 0 Å². The van der Waals surface area contributed by atoms with E-state index in [0.717, 1.165) is 19.6 Å². The molecule has 1 amide bonds. The molecule has 2 rings (SSSR count). The second-order valence-corrected chi connectivity index (χ2v) is 6.11. The fourth-order valence-electron chi connectivity index (χ4n) is 2.65. The third-order valence-corrected chi connectivity index (χ3v) is 3.49. The molecule has 1 unspecified atom stereocenters. The molecule has 2 heterocycles. The molecule has 0 aromatic heterocycles. The van der Waals surface area contributed by atoms with Crippen LogP contribution < -0.4 is 0 Å². The van der Waals surface area contributed by atoms with Crippen LogP contribution in [0.2, 0.25) is 0 Å². The summed E-state index contributed by atoms with van der Waals surface area (Å²) in [5.41, 5.74) is -0.388. The molecular weight excluding hydrogens is 216 g/mol. The maximum atomic E-state index is 12.0. The van der Waals surface area contributed by atoms with Crippen LogP contribution in [0.1, 0.15) is 40.0 Å². The molecule has 0 saturated carbocycles. The summed E-state index contributed by atoms with van der Waals surface area (Å²) >= 11 is 0. The van der Waals surface area contributed by atoms with Crippen LogP contribution in [0.5, 0.6) is 0 Å². The molecule has 2 saturated heterocycles. The van der Waals surface area contributed by atoms with Crippen molar-refractivity contribution in [2.45, 2.75) is 51.7 Å². The average Bonchev–Trinajstić information content (AvgIpc) is 2.26. The van der Waals surface area contributed by atoms with Crippen LogP contribution in [0.4, 0.5) is 4.79 Å². The van der Waals surface area contributed by atoms with Gasteiger partial charge in [-0.15, -0.1) is 0 Å². The minimum absolute atomic E-state index is 0.150. The molecule has 2 fully saturated rings. The van der Waals surface area contributed by atoms with Gasteiger partial charge in [-0.3, -0.25) is 4.90 Å². The molecule has 0 bridgehead atoms. The van der Waals surface area contributed by atoms with E-state index in [0.29, 0.717) is 6.04 Å². The number of piperazine rings is 1. The van der Waals surface area contributed by atoms with Crippen LogP contribution in [0.15, 0.2) is 0 Å². The number of hydrogen-bond donors (Lipinski definition) is 0. The summed E-state index contributed by atoms with van der Waals surface area (Å²) in [7, 11) is 0. The Labute approximate surface area is 104 Å². The summed E-state index contributed by atoms with van der Waals surface area (Å²) in [6.07, 6.45) is 3.67. The highest BCUT2D eigenvalue weighted by Crippen LogP contribution is 2.22. The Hall–Kier alpha value is -0.770. The first-order chi connectivity index (χ1) is 7.96. The summed E-state index contributed by atoms with van der Waals surface area (Å²) in [6, 6.07) is 0.560. The lowest BCUT2D eigenvalue weighted by Gasteiger charge is -2.44. The minimum atomic E-state index is -0.388. The largest absolute Gasteiger partial charge is 0.444 e.